The molecule has 0 bridgehead atoms. The molecule has 1 atom stereocenters. The number of carbonyl (C=O) groups excluding carboxylic acids is 3. The maximum absolute atomic E-state index is 13.4. The number of fused-ring (bicyclic) bond motifs is 1. The molecule has 1 unspecified atom stereocenters. The molecule has 2 aromatic rings. The molecule has 0 spiro atoms. The van der Waals surface area contributed by atoms with Crippen molar-refractivity contribution in [1.29, 1.82) is 0 Å². The number of imide groups is 2. The minimum absolute atomic E-state index is 0.0518. The van der Waals surface area contributed by atoms with Crippen LogP contribution in [0.5, 0.6) is 0 Å². The van der Waals surface area contributed by atoms with E-state index < -0.39 is 17.8 Å². The van der Waals surface area contributed by atoms with Gasteiger partial charge >= 0.3 is 6.03 Å². The topological polar surface area (TPSA) is 69.7 Å². The molecule has 0 aliphatic carbocycles. The van der Waals surface area contributed by atoms with Crippen molar-refractivity contribution >= 4 is 51.2 Å². The predicted molar refractivity (Wildman–Crippen MR) is 139 cm³/mol. The zero-order valence-corrected chi connectivity index (χ0v) is 22.0. The number of hydrogen-bond acceptors (Lipinski definition) is 4. The number of barbiturate groups is 1. The van der Waals surface area contributed by atoms with E-state index in [2.05, 4.69) is 66.0 Å². The number of aryl methyl sites for hydroxylation is 2. The summed E-state index contributed by atoms with van der Waals surface area (Å²) in [6.07, 6.45) is 2.63. The van der Waals surface area contributed by atoms with Crippen LogP contribution in [0.2, 0.25) is 0 Å². The van der Waals surface area contributed by atoms with Crippen LogP contribution in [-0.2, 0) is 9.59 Å². The van der Waals surface area contributed by atoms with E-state index in [0.29, 0.717) is 11.6 Å². The monoisotopic (exact) mass is 523 g/mol. The van der Waals surface area contributed by atoms with Gasteiger partial charge in [-0.3, -0.25) is 14.9 Å². The molecule has 2 aliphatic rings. The molecule has 178 valence electrons. The Morgan fingerprint density at radius 3 is 2.44 bits per heavy atom. The number of amides is 4. The molecule has 4 rings (SSSR count). The predicted octanol–water partition coefficient (Wildman–Crippen LogP) is 5.84. The normalized spacial score (nSPS) is 21.1. The SMILES string of the molecule is CCN1c2cc(C)c(/C=C3/C(=O)NC(=O)N(c4ccc(Br)cc4C)C3=O)cc2C(C)CC1(C)C. The number of hydrogen-bond donors (Lipinski definition) is 1. The van der Waals surface area contributed by atoms with Gasteiger partial charge in [0.25, 0.3) is 11.8 Å². The lowest BCUT2D eigenvalue weighted by Crippen LogP contribution is -2.54. The zero-order chi connectivity index (χ0) is 24.9. The lowest BCUT2D eigenvalue weighted by atomic mass is 9.79. The molecule has 34 heavy (non-hydrogen) atoms. The summed E-state index contributed by atoms with van der Waals surface area (Å²) < 4.78 is 0.841. The average molecular weight is 524 g/mol. The molecule has 7 heteroatoms. The van der Waals surface area contributed by atoms with E-state index in [1.54, 1.807) is 18.2 Å². The summed E-state index contributed by atoms with van der Waals surface area (Å²) in [6.45, 7) is 13.6. The van der Waals surface area contributed by atoms with Gasteiger partial charge in [0.1, 0.15) is 5.57 Å². The number of urea groups is 1. The Balaban J connectivity index is 1.79. The Kier molecular flexibility index (Phi) is 6.19. The summed E-state index contributed by atoms with van der Waals surface area (Å²) in [7, 11) is 0. The van der Waals surface area contributed by atoms with Crippen molar-refractivity contribution in [3.8, 4) is 0 Å². The third-order valence-corrected chi connectivity index (χ3v) is 7.38. The Bertz CT molecular complexity index is 1250. The van der Waals surface area contributed by atoms with Crippen molar-refractivity contribution < 1.29 is 14.4 Å². The van der Waals surface area contributed by atoms with Gasteiger partial charge in [0.15, 0.2) is 0 Å². The van der Waals surface area contributed by atoms with Crippen LogP contribution in [0.15, 0.2) is 40.4 Å². The second-order valence-corrected chi connectivity index (χ2v) is 10.7. The highest BCUT2D eigenvalue weighted by molar-refractivity contribution is 9.10. The van der Waals surface area contributed by atoms with Crippen LogP contribution in [0.4, 0.5) is 16.2 Å². The first kappa shape index (κ1) is 24.2. The van der Waals surface area contributed by atoms with E-state index in [1.807, 2.05) is 19.9 Å². The summed E-state index contributed by atoms with van der Waals surface area (Å²) in [6, 6.07) is 8.78. The maximum atomic E-state index is 13.4. The lowest BCUT2D eigenvalue weighted by Gasteiger charge is -2.47. The molecule has 1 saturated heterocycles. The molecule has 2 heterocycles. The fraction of sp³-hybridized carbons (Fsp3) is 0.370. The number of anilines is 2. The number of benzene rings is 2. The van der Waals surface area contributed by atoms with Gasteiger partial charge in [-0.05, 0) is 106 Å². The van der Waals surface area contributed by atoms with Crippen LogP contribution < -0.4 is 15.1 Å². The van der Waals surface area contributed by atoms with Crippen LogP contribution in [0.25, 0.3) is 6.08 Å². The van der Waals surface area contributed by atoms with Gasteiger partial charge in [-0.15, -0.1) is 0 Å². The fourth-order valence-corrected chi connectivity index (χ4v) is 5.78. The minimum atomic E-state index is -0.742. The van der Waals surface area contributed by atoms with Crippen molar-refractivity contribution in [2.75, 3.05) is 16.3 Å². The molecule has 2 aliphatic heterocycles. The fourth-order valence-electron chi connectivity index (χ4n) is 5.31. The van der Waals surface area contributed by atoms with Crippen LogP contribution >= 0.6 is 15.9 Å². The van der Waals surface area contributed by atoms with Crippen LogP contribution in [0, 0.1) is 13.8 Å². The van der Waals surface area contributed by atoms with Gasteiger partial charge in [0.2, 0.25) is 0 Å². The number of halogens is 1. The highest BCUT2D eigenvalue weighted by Gasteiger charge is 2.38. The number of nitrogens with one attached hydrogen (secondary N) is 1. The van der Waals surface area contributed by atoms with Crippen molar-refractivity contribution in [3.05, 3.63) is 62.6 Å². The van der Waals surface area contributed by atoms with Crippen LogP contribution in [0.3, 0.4) is 0 Å². The summed E-state index contributed by atoms with van der Waals surface area (Å²) in [5.74, 6) is -0.965. The molecular formula is C27H30BrN3O3. The molecule has 0 saturated carbocycles. The summed E-state index contributed by atoms with van der Waals surface area (Å²) >= 11 is 3.40. The molecule has 2 aromatic carbocycles. The average Bonchev–Trinajstić information content (AvgIpc) is 2.72. The first-order chi connectivity index (χ1) is 15.9. The van der Waals surface area contributed by atoms with E-state index in [1.165, 1.54) is 11.3 Å². The van der Waals surface area contributed by atoms with E-state index in [-0.39, 0.29) is 11.1 Å². The van der Waals surface area contributed by atoms with Gasteiger partial charge in [-0.1, -0.05) is 22.9 Å². The Hall–Kier alpha value is -2.93. The molecule has 6 nitrogen and oxygen atoms in total. The lowest BCUT2D eigenvalue weighted by molar-refractivity contribution is -0.122. The quantitative estimate of drug-likeness (QED) is 0.405. The van der Waals surface area contributed by atoms with E-state index in [4.69, 9.17) is 0 Å². The van der Waals surface area contributed by atoms with Crippen LogP contribution in [0.1, 0.15) is 62.3 Å². The third kappa shape index (κ3) is 4.06. The van der Waals surface area contributed by atoms with Gasteiger partial charge in [-0.2, -0.15) is 0 Å². The van der Waals surface area contributed by atoms with Crippen molar-refractivity contribution in [3.63, 3.8) is 0 Å². The Morgan fingerprint density at radius 2 is 1.79 bits per heavy atom. The second-order valence-electron chi connectivity index (χ2n) is 9.82. The maximum Gasteiger partial charge on any atom is 0.335 e. The Morgan fingerprint density at radius 1 is 1.09 bits per heavy atom. The molecule has 1 fully saturated rings. The first-order valence-electron chi connectivity index (χ1n) is 11.5. The van der Waals surface area contributed by atoms with Crippen LogP contribution in [-0.4, -0.2) is 29.9 Å². The standard InChI is InChI=1S/C27H30BrN3O3/c1-7-30-23-11-15(2)18(12-20(23)17(4)14-27(30,5)6)13-21-24(32)29-26(34)31(25(21)33)22-9-8-19(28)10-16(22)3/h8-13,17H,7,14H2,1-6H3,(H,29,32,34)/b21-13-. The number of nitrogens with zero attached hydrogens (tertiary/aromatic N) is 2. The van der Waals surface area contributed by atoms with E-state index >= 15 is 0 Å². The third-order valence-electron chi connectivity index (χ3n) is 6.89. The molecule has 1 N–H and O–H groups in total. The summed E-state index contributed by atoms with van der Waals surface area (Å²) in [4.78, 5) is 42.2. The highest BCUT2D eigenvalue weighted by Crippen LogP contribution is 2.44. The van der Waals surface area contributed by atoms with Gasteiger partial charge < -0.3 is 4.90 Å². The zero-order valence-electron chi connectivity index (χ0n) is 20.5. The molecular weight excluding hydrogens is 494 g/mol. The summed E-state index contributed by atoms with van der Waals surface area (Å²) in [5, 5.41) is 2.33. The summed E-state index contributed by atoms with van der Waals surface area (Å²) in [5.41, 5.74) is 5.37. The van der Waals surface area contributed by atoms with E-state index in [0.717, 1.165) is 39.0 Å². The van der Waals surface area contributed by atoms with Gasteiger partial charge in [0.05, 0.1) is 5.69 Å². The van der Waals surface area contributed by atoms with E-state index in [9.17, 15) is 14.4 Å². The van der Waals surface area contributed by atoms with Gasteiger partial charge in [-0.25, -0.2) is 9.69 Å². The smallest absolute Gasteiger partial charge is 0.335 e. The number of rotatable bonds is 3. The van der Waals surface area contributed by atoms with Crippen molar-refractivity contribution in [2.24, 2.45) is 0 Å². The first-order valence-corrected chi connectivity index (χ1v) is 12.3. The minimum Gasteiger partial charge on any atom is -0.366 e. The molecule has 4 amide bonds. The Labute approximate surface area is 209 Å². The largest absolute Gasteiger partial charge is 0.366 e. The number of carbonyl (C=O) groups is 3. The molecule has 0 radical (unpaired) electrons. The highest BCUT2D eigenvalue weighted by atomic mass is 79.9. The van der Waals surface area contributed by atoms with Crippen molar-refractivity contribution in [2.45, 2.75) is 59.4 Å². The molecule has 0 aromatic heterocycles. The second kappa shape index (κ2) is 8.69. The van der Waals surface area contributed by atoms with Crippen molar-refractivity contribution in [1.82, 2.24) is 5.32 Å². The van der Waals surface area contributed by atoms with Gasteiger partial charge in [0, 0.05) is 22.2 Å².